The van der Waals surface area contributed by atoms with E-state index in [0.29, 0.717) is 17.9 Å². The van der Waals surface area contributed by atoms with Crippen molar-refractivity contribution in [1.29, 1.82) is 0 Å². The minimum Gasteiger partial charge on any atom is -0.423 e. The number of rotatable bonds is 6. The summed E-state index contributed by atoms with van der Waals surface area (Å²) in [5.41, 5.74) is 0.372. The molecule has 0 saturated heterocycles. The summed E-state index contributed by atoms with van der Waals surface area (Å²) < 4.78 is 32.9. The normalized spacial score (nSPS) is 21.2. The lowest BCUT2D eigenvalue weighted by Crippen LogP contribution is -2.15. The molecule has 2 rings (SSSR count). The molecule has 0 atom stereocenters. The maximum absolute atomic E-state index is 14.1. The van der Waals surface area contributed by atoms with Crippen LogP contribution >= 0.6 is 0 Å². The average Bonchev–Trinajstić information content (AvgIpc) is 2.58. The molecular formula is C19H26F2O2. The number of ether oxygens (including phenoxy) is 1. The molecule has 0 spiro atoms. The van der Waals surface area contributed by atoms with Crippen molar-refractivity contribution in [3.05, 3.63) is 29.3 Å². The van der Waals surface area contributed by atoms with Crippen LogP contribution in [0.5, 0.6) is 5.75 Å². The van der Waals surface area contributed by atoms with Gasteiger partial charge in [-0.1, -0.05) is 52.0 Å². The molecule has 0 amide bonds. The van der Waals surface area contributed by atoms with E-state index in [-0.39, 0.29) is 12.2 Å². The third-order valence-corrected chi connectivity index (χ3v) is 5.00. The van der Waals surface area contributed by atoms with Crippen molar-refractivity contribution in [2.24, 2.45) is 11.8 Å². The number of hydrogen-bond donors (Lipinski definition) is 0. The number of aryl methyl sites for hydroxylation is 1. The third kappa shape index (κ3) is 4.76. The van der Waals surface area contributed by atoms with Crippen LogP contribution < -0.4 is 4.74 Å². The molecule has 1 aliphatic carbocycles. The van der Waals surface area contributed by atoms with Gasteiger partial charge in [-0.2, -0.15) is 4.39 Å². The van der Waals surface area contributed by atoms with Gasteiger partial charge in [-0.25, -0.2) is 4.39 Å². The van der Waals surface area contributed by atoms with Gasteiger partial charge < -0.3 is 4.74 Å². The summed E-state index contributed by atoms with van der Waals surface area (Å²) in [6.07, 6.45) is 7.68. The number of esters is 1. The molecule has 4 heteroatoms. The van der Waals surface area contributed by atoms with Crippen LogP contribution in [0.2, 0.25) is 0 Å². The molecule has 0 radical (unpaired) electrons. The van der Waals surface area contributed by atoms with Crippen LogP contribution in [0, 0.1) is 23.5 Å². The van der Waals surface area contributed by atoms with Gasteiger partial charge in [0, 0.05) is 6.42 Å². The number of hydrogen-bond acceptors (Lipinski definition) is 2. The lowest BCUT2D eigenvalue weighted by atomic mass is 9.78. The molecule has 0 N–H and O–H groups in total. The SMILES string of the molecule is CCC(=O)Oc1ccc(CCC2CCC(CC)CC2)c(F)c1F. The van der Waals surface area contributed by atoms with Crippen molar-refractivity contribution in [2.75, 3.05) is 0 Å². The number of carbonyl (C=O) groups is 1. The molecule has 128 valence electrons. The quantitative estimate of drug-likeness (QED) is 0.515. The lowest BCUT2D eigenvalue weighted by Gasteiger charge is -2.27. The molecule has 0 aliphatic heterocycles. The molecule has 0 bridgehead atoms. The number of halogens is 2. The maximum Gasteiger partial charge on any atom is 0.311 e. The first-order chi connectivity index (χ1) is 11.0. The van der Waals surface area contributed by atoms with E-state index >= 15 is 0 Å². The second-order valence-corrected chi connectivity index (χ2v) is 6.51. The Hall–Kier alpha value is -1.45. The topological polar surface area (TPSA) is 26.3 Å². The largest absolute Gasteiger partial charge is 0.423 e. The van der Waals surface area contributed by atoms with Crippen molar-refractivity contribution in [3.8, 4) is 5.75 Å². The van der Waals surface area contributed by atoms with Crippen LogP contribution in [0.4, 0.5) is 8.78 Å². The van der Waals surface area contributed by atoms with Crippen LogP contribution in [-0.2, 0) is 11.2 Å². The van der Waals surface area contributed by atoms with Gasteiger partial charge in [0.2, 0.25) is 5.82 Å². The van der Waals surface area contributed by atoms with Gasteiger partial charge in [0.1, 0.15) is 0 Å². The highest BCUT2D eigenvalue weighted by Crippen LogP contribution is 2.33. The lowest BCUT2D eigenvalue weighted by molar-refractivity contribution is -0.134. The Bertz CT molecular complexity index is 534. The van der Waals surface area contributed by atoms with E-state index in [1.165, 1.54) is 44.2 Å². The fraction of sp³-hybridized carbons (Fsp3) is 0.632. The summed E-state index contributed by atoms with van der Waals surface area (Å²) in [5.74, 6) is -1.37. The smallest absolute Gasteiger partial charge is 0.311 e. The fourth-order valence-corrected chi connectivity index (χ4v) is 3.33. The highest BCUT2D eigenvalue weighted by molar-refractivity contribution is 5.72. The first-order valence-electron chi connectivity index (χ1n) is 8.72. The summed E-state index contributed by atoms with van der Waals surface area (Å²) in [6, 6.07) is 2.89. The molecule has 0 heterocycles. The van der Waals surface area contributed by atoms with Crippen molar-refractivity contribution >= 4 is 5.97 Å². The maximum atomic E-state index is 14.1. The Morgan fingerprint density at radius 3 is 2.35 bits per heavy atom. The Morgan fingerprint density at radius 1 is 1.09 bits per heavy atom. The Morgan fingerprint density at radius 2 is 1.74 bits per heavy atom. The molecule has 1 fully saturated rings. The predicted octanol–water partition coefficient (Wildman–Crippen LogP) is 5.43. The predicted molar refractivity (Wildman–Crippen MR) is 86.3 cm³/mol. The highest BCUT2D eigenvalue weighted by atomic mass is 19.2. The highest BCUT2D eigenvalue weighted by Gasteiger charge is 2.21. The Kier molecular flexibility index (Phi) is 6.55. The second-order valence-electron chi connectivity index (χ2n) is 6.51. The first kappa shape index (κ1) is 17.9. The first-order valence-corrected chi connectivity index (χ1v) is 8.72. The molecule has 2 nitrogen and oxygen atoms in total. The van der Waals surface area contributed by atoms with E-state index in [4.69, 9.17) is 4.74 Å². The van der Waals surface area contributed by atoms with Crippen LogP contribution in [0.25, 0.3) is 0 Å². The van der Waals surface area contributed by atoms with Gasteiger partial charge in [0.15, 0.2) is 11.6 Å². The van der Waals surface area contributed by atoms with Crippen LogP contribution in [0.3, 0.4) is 0 Å². The van der Waals surface area contributed by atoms with Gasteiger partial charge in [0.05, 0.1) is 0 Å². The summed E-state index contributed by atoms with van der Waals surface area (Å²) in [6.45, 7) is 3.84. The summed E-state index contributed by atoms with van der Waals surface area (Å²) in [4.78, 5) is 11.2. The number of benzene rings is 1. The van der Waals surface area contributed by atoms with E-state index in [9.17, 15) is 13.6 Å². The van der Waals surface area contributed by atoms with E-state index < -0.39 is 17.6 Å². The van der Waals surface area contributed by atoms with Crippen LogP contribution in [0.1, 0.15) is 64.4 Å². The van der Waals surface area contributed by atoms with E-state index in [1.54, 1.807) is 6.92 Å². The molecule has 23 heavy (non-hydrogen) atoms. The molecule has 1 aromatic carbocycles. The van der Waals surface area contributed by atoms with Gasteiger partial charge in [-0.15, -0.1) is 0 Å². The minimum atomic E-state index is -1.06. The van der Waals surface area contributed by atoms with Gasteiger partial charge in [0.25, 0.3) is 0 Å². The van der Waals surface area contributed by atoms with Gasteiger partial charge in [-0.05, 0) is 36.3 Å². The second kappa shape index (κ2) is 8.42. The molecule has 1 aliphatic rings. The van der Waals surface area contributed by atoms with Crippen molar-refractivity contribution in [1.82, 2.24) is 0 Å². The molecule has 1 saturated carbocycles. The molecule has 0 aromatic heterocycles. The molecular weight excluding hydrogens is 298 g/mol. The van der Waals surface area contributed by atoms with Crippen molar-refractivity contribution in [2.45, 2.75) is 65.2 Å². The summed E-state index contributed by atoms with van der Waals surface area (Å²) >= 11 is 0. The summed E-state index contributed by atoms with van der Waals surface area (Å²) in [5, 5.41) is 0. The number of carbonyl (C=O) groups excluding carboxylic acids is 1. The van der Waals surface area contributed by atoms with Gasteiger partial charge in [-0.3, -0.25) is 4.79 Å². The zero-order valence-electron chi connectivity index (χ0n) is 14.0. The van der Waals surface area contributed by atoms with Crippen molar-refractivity contribution < 1.29 is 18.3 Å². The van der Waals surface area contributed by atoms with E-state index in [0.717, 1.165) is 12.3 Å². The monoisotopic (exact) mass is 324 g/mol. The van der Waals surface area contributed by atoms with Crippen LogP contribution in [0.15, 0.2) is 12.1 Å². The summed E-state index contributed by atoms with van der Waals surface area (Å²) in [7, 11) is 0. The molecule has 0 unspecified atom stereocenters. The third-order valence-electron chi connectivity index (χ3n) is 5.00. The van der Waals surface area contributed by atoms with Crippen LogP contribution in [-0.4, -0.2) is 5.97 Å². The zero-order valence-corrected chi connectivity index (χ0v) is 14.0. The fourth-order valence-electron chi connectivity index (χ4n) is 3.33. The Labute approximate surface area is 137 Å². The molecule has 1 aromatic rings. The average molecular weight is 324 g/mol. The minimum absolute atomic E-state index is 0.128. The van der Waals surface area contributed by atoms with Crippen molar-refractivity contribution in [3.63, 3.8) is 0 Å². The standard InChI is InChI=1S/C19H26F2O2/c1-3-13-5-7-14(8-6-13)9-10-15-11-12-16(19(21)18(15)20)23-17(22)4-2/h11-14H,3-10H2,1-2H3. The zero-order chi connectivity index (χ0) is 16.8. The van der Waals surface area contributed by atoms with E-state index in [1.807, 2.05) is 0 Å². The Balaban J connectivity index is 1.93. The van der Waals surface area contributed by atoms with Gasteiger partial charge >= 0.3 is 5.97 Å². The van der Waals surface area contributed by atoms with E-state index in [2.05, 4.69) is 6.92 Å².